The van der Waals surface area contributed by atoms with Gasteiger partial charge in [-0.2, -0.15) is 5.10 Å². The molecule has 0 aliphatic carbocycles. The van der Waals surface area contributed by atoms with Crippen LogP contribution in [-0.2, 0) is 4.79 Å². The number of methoxy groups -OCH3 is 1. The lowest BCUT2D eigenvalue weighted by molar-refractivity contribution is -0.123. The Hall–Kier alpha value is -4.07. The molecular formula is C23H22N2O6. The molecule has 0 unspecified atom stereocenters. The molecule has 0 saturated heterocycles. The number of ether oxygens (including phenoxy) is 3. The quantitative estimate of drug-likeness (QED) is 0.257. The monoisotopic (exact) mass is 422 g/mol. The molecule has 1 heterocycles. The molecule has 2 aromatic carbocycles. The third-order valence-corrected chi connectivity index (χ3v) is 4.27. The zero-order valence-corrected chi connectivity index (χ0v) is 17.4. The second kappa shape index (κ2) is 10.1. The minimum absolute atomic E-state index is 0.0820. The second-order valence-electron chi connectivity index (χ2n) is 6.58. The molecule has 0 atom stereocenters. The first-order valence-electron chi connectivity index (χ1n) is 9.42. The normalized spacial score (nSPS) is 10.7. The summed E-state index contributed by atoms with van der Waals surface area (Å²) in [6.45, 7) is 3.68. The van der Waals surface area contributed by atoms with Crippen LogP contribution in [0, 0.1) is 13.8 Å². The van der Waals surface area contributed by atoms with E-state index in [9.17, 15) is 9.59 Å². The number of nitrogens with one attached hydrogen (secondary N) is 1. The van der Waals surface area contributed by atoms with E-state index < -0.39 is 11.9 Å². The van der Waals surface area contributed by atoms with Crippen LogP contribution in [0.2, 0.25) is 0 Å². The first kappa shape index (κ1) is 21.6. The molecule has 0 bridgehead atoms. The molecule has 31 heavy (non-hydrogen) atoms. The molecule has 3 aromatic rings. The Labute approximate surface area is 179 Å². The highest BCUT2D eigenvalue weighted by atomic mass is 16.6. The lowest BCUT2D eigenvalue weighted by Gasteiger charge is -2.10. The molecule has 8 heteroatoms. The number of hydrazone groups is 1. The van der Waals surface area contributed by atoms with Crippen molar-refractivity contribution < 1.29 is 28.2 Å². The molecule has 160 valence electrons. The van der Waals surface area contributed by atoms with E-state index >= 15 is 0 Å². The number of para-hydroxylation sites is 1. The van der Waals surface area contributed by atoms with Gasteiger partial charge in [0, 0.05) is 0 Å². The summed E-state index contributed by atoms with van der Waals surface area (Å²) < 4.78 is 21.2. The maximum atomic E-state index is 12.0. The van der Waals surface area contributed by atoms with Crippen molar-refractivity contribution in [3.05, 3.63) is 77.2 Å². The number of furan rings is 1. The first-order valence-corrected chi connectivity index (χ1v) is 9.42. The summed E-state index contributed by atoms with van der Waals surface area (Å²) in [5.74, 6) is 0.293. The van der Waals surface area contributed by atoms with Gasteiger partial charge >= 0.3 is 5.97 Å². The summed E-state index contributed by atoms with van der Waals surface area (Å²) in [6, 6.07) is 13.7. The average Bonchev–Trinajstić information content (AvgIpc) is 3.29. The number of aryl methyl sites for hydroxylation is 2. The van der Waals surface area contributed by atoms with Gasteiger partial charge in [0.05, 0.1) is 19.6 Å². The maximum Gasteiger partial charge on any atom is 0.379 e. The topological polar surface area (TPSA) is 99.4 Å². The molecule has 0 saturated carbocycles. The first-order chi connectivity index (χ1) is 15.0. The van der Waals surface area contributed by atoms with E-state index in [-0.39, 0.29) is 18.1 Å². The Morgan fingerprint density at radius 2 is 1.84 bits per heavy atom. The van der Waals surface area contributed by atoms with Crippen LogP contribution >= 0.6 is 0 Å². The van der Waals surface area contributed by atoms with E-state index in [1.165, 1.54) is 25.7 Å². The Morgan fingerprint density at radius 1 is 1.06 bits per heavy atom. The van der Waals surface area contributed by atoms with E-state index in [2.05, 4.69) is 10.5 Å². The van der Waals surface area contributed by atoms with E-state index in [1.807, 2.05) is 32.0 Å². The average molecular weight is 422 g/mol. The van der Waals surface area contributed by atoms with E-state index in [0.717, 1.165) is 11.1 Å². The molecule has 1 N–H and O–H groups in total. The molecule has 0 aliphatic heterocycles. The largest absolute Gasteiger partial charge is 0.493 e. The predicted molar refractivity (Wildman–Crippen MR) is 114 cm³/mol. The maximum absolute atomic E-state index is 12.0. The molecule has 0 spiro atoms. The van der Waals surface area contributed by atoms with Gasteiger partial charge in [-0.25, -0.2) is 10.2 Å². The fourth-order valence-corrected chi connectivity index (χ4v) is 2.77. The lowest BCUT2D eigenvalue weighted by Crippen LogP contribution is -2.25. The van der Waals surface area contributed by atoms with Crippen LogP contribution in [0.15, 0.2) is 64.3 Å². The molecule has 1 amide bonds. The van der Waals surface area contributed by atoms with Crippen molar-refractivity contribution in [3.63, 3.8) is 0 Å². The van der Waals surface area contributed by atoms with E-state index in [4.69, 9.17) is 18.6 Å². The number of carbonyl (C=O) groups is 2. The minimum atomic E-state index is -0.638. The van der Waals surface area contributed by atoms with Gasteiger partial charge in [0.2, 0.25) is 5.76 Å². The van der Waals surface area contributed by atoms with E-state index in [0.29, 0.717) is 17.1 Å². The van der Waals surface area contributed by atoms with Gasteiger partial charge in [-0.1, -0.05) is 18.2 Å². The Bertz CT molecular complexity index is 1070. The molecule has 8 nitrogen and oxygen atoms in total. The SMILES string of the molecule is COc1cc(/C=N/NC(=O)COc2c(C)cccc2C)ccc1OC(=O)c1ccco1. The van der Waals surface area contributed by atoms with Gasteiger partial charge in [-0.3, -0.25) is 4.79 Å². The van der Waals surface area contributed by atoms with Crippen LogP contribution in [0.4, 0.5) is 0 Å². The number of carbonyl (C=O) groups excluding carboxylic acids is 2. The highest BCUT2D eigenvalue weighted by Crippen LogP contribution is 2.28. The number of amides is 1. The number of benzene rings is 2. The summed E-state index contributed by atoms with van der Waals surface area (Å²) in [4.78, 5) is 24.0. The van der Waals surface area contributed by atoms with Crippen molar-refractivity contribution in [3.8, 4) is 17.2 Å². The predicted octanol–water partition coefficient (Wildman–Crippen LogP) is 3.65. The number of esters is 1. The summed E-state index contributed by atoms with van der Waals surface area (Å²) >= 11 is 0. The number of hydrogen-bond donors (Lipinski definition) is 1. The molecule has 1 aromatic heterocycles. The van der Waals surface area contributed by atoms with Crippen LogP contribution in [-0.4, -0.2) is 31.8 Å². The Morgan fingerprint density at radius 3 is 2.52 bits per heavy atom. The van der Waals surface area contributed by atoms with Crippen LogP contribution < -0.4 is 19.6 Å². The molecule has 0 aliphatic rings. The van der Waals surface area contributed by atoms with Gasteiger partial charge in [0.15, 0.2) is 18.1 Å². The number of rotatable bonds is 8. The highest BCUT2D eigenvalue weighted by Gasteiger charge is 2.15. The van der Waals surface area contributed by atoms with Gasteiger partial charge in [0.25, 0.3) is 5.91 Å². The second-order valence-corrected chi connectivity index (χ2v) is 6.58. The lowest BCUT2D eigenvalue weighted by atomic mass is 10.1. The Balaban J connectivity index is 1.56. The third kappa shape index (κ3) is 5.72. The summed E-state index contributed by atoms with van der Waals surface area (Å²) in [7, 11) is 1.45. The highest BCUT2D eigenvalue weighted by molar-refractivity contribution is 5.89. The third-order valence-electron chi connectivity index (χ3n) is 4.27. The van der Waals surface area contributed by atoms with E-state index in [1.54, 1.807) is 24.3 Å². The van der Waals surface area contributed by atoms with Crippen molar-refractivity contribution in [1.29, 1.82) is 0 Å². The van der Waals surface area contributed by atoms with Crippen LogP contribution in [0.5, 0.6) is 17.2 Å². The number of nitrogens with zero attached hydrogens (tertiary/aromatic N) is 1. The molecular weight excluding hydrogens is 400 g/mol. The molecule has 0 radical (unpaired) electrons. The van der Waals surface area contributed by atoms with Gasteiger partial charge in [-0.15, -0.1) is 0 Å². The van der Waals surface area contributed by atoms with Crippen LogP contribution in [0.3, 0.4) is 0 Å². The van der Waals surface area contributed by atoms with Crippen molar-refractivity contribution in [2.45, 2.75) is 13.8 Å². The van der Waals surface area contributed by atoms with Crippen molar-refractivity contribution in [2.24, 2.45) is 5.10 Å². The Kier molecular flexibility index (Phi) is 7.05. The number of hydrogen-bond acceptors (Lipinski definition) is 7. The minimum Gasteiger partial charge on any atom is -0.493 e. The van der Waals surface area contributed by atoms with Crippen LogP contribution in [0.1, 0.15) is 27.2 Å². The van der Waals surface area contributed by atoms with Gasteiger partial charge in [-0.05, 0) is 60.9 Å². The van der Waals surface area contributed by atoms with Gasteiger partial charge in [0.1, 0.15) is 5.75 Å². The fraction of sp³-hybridized carbons (Fsp3) is 0.174. The van der Waals surface area contributed by atoms with Crippen LogP contribution in [0.25, 0.3) is 0 Å². The molecule has 3 rings (SSSR count). The smallest absolute Gasteiger partial charge is 0.379 e. The standard InChI is InChI=1S/C23H22N2O6/c1-15-6-4-7-16(2)22(15)30-14-21(26)25-24-13-17-9-10-18(20(12-17)28-3)31-23(27)19-8-5-11-29-19/h4-13H,14H2,1-3H3,(H,25,26)/b24-13+. The zero-order valence-electron chi connectivity index (χ0n) is 17.4. The van der Waals surface area contributed by atoms with Crippen molar-refractivity contribution >= 4 is 18.1 Å². The van der Waals surface area contributed by atoms with Gasteiger partial charge < -0.3 is 18.6 Å². The van der Waals surface area contributed by atoms with Crippen molar-refractivity contribution in [2.75, 3.05) is 13.7 Å². The summed E-state index contributed by atoms with van der Waals surface area (Å²) in [6.07, 6.45) is 2.83. The fourth-order valence-electron chi connectivity index (χ4n) is 2.77. The zero-order chi connectivity index (χ0) is 22.2. The summed E-state index contributed by atoms with van der Waals surface area (Å²) in [5, 5.41) is 3.92. The summed E-state index contributed by atoms with van der Waals surface area (Å²) in [5.41, 5.74) is 4.95. The van der Waals surface area contributed by atoms with Crippen molar-refractivity contribution in [1.82, 2.24) is 5.43 Å². The molecule has 0 fully saturated rings.